The van der Waals surface area contributed by atoms with Crippen molar-refractivity contribution in [2.24, 2.45) is 0 Å². The number of hydrogen-bond acceptors (Lipinski definition) is 4. The lowest BCUT2D eigenvalue weighted by Gasteiger charge is -2.39. The Morgan fingerprint density at radius 2 is 2.23 bits per heavy atom. The molecule has 3 N–H and O–H groups in total. The molecule has 26 heavy (non-hydrogen) atoms. The van der Waals surface area contributed by atoms with E-state index in [0.717, 1.165) is 50.0 Å². The SMILES string of the molecule is CCC1CNCCN1c1c(F)cc2c(=S)c(C(=O)O)c[nH]c2c1C1CC1. The summed E-state index contributed by atoms with van der Waals surface area (Å²) < 4.78 is 15.5. The van der Waals surface area contributed by atoms with Crippen LogP contribution < -0.4 is 10.2 Å². The summed E-state index contributed by atoms with van der Waals surface area (Å²) in [6.07, 6.45) is 4.42. The van der Waals surface area contributed by atoms with Crippen molar-refractivity contribution >= 4 is 34.8 Å². The molecule has 1 unspecified atom stereocenters. The van der Waals surface area contributed by atoms with Crippen LogP contribution in [0.5, 0.6) is 0 Å². The van der Waals surface area contributed by atoms with Gasteiger partial charge in [-0.3, -0.25) is 0 Å². The maximum absolute atomic E-state index is 15.3. The molecular formula is C19H22FN3O2S. The number of pyridine rings is 1. The van der Waals surface area contributed by atoms with E-state index < -0.39 is 5.97 Å². The Balaban J connectivity index is 1.98. The summed E-state index contributed by atoms with van der Waals surface area (Å²) in [5, 5.41) is 13.2. The van der Waals surface area contributed by atoms with Gasteiger partial charge in [-0.05, 0) is 31.2 Å². The molecule has 0 radical (unpaired) electrons. The van der Waals surface area contributed by atoms with Crippen molar-refractivity contribution in [3.05, 3.63) is 33.7 Å². The molecule has 1 aromatic heterocycles. The van der Waals surface area contributed by atoms with Crippen LogP contribution in [-0.2, 0) is 0 Å². The number of anilines is 1. The molecule has 5 nitrogen and oxygen atoms in total. The fourth-order valence-corrected chi connectivity index (χ4v) is 4.30. The summed E-state index contributed by atoms with van der Waals surface area (Å²) in [4.78, 5) is 16.7. The summed E-state index contributed by atoms with van der Waals surface area (Å²) >= 11 is 5.35. The number of rotatable bonds is 4. The van der Waals surface area contributed by atoms with E-state index in [9.17, 15) is 9.90 Å². The first kappa shape index (κ1) is 17.4. The van der Waals surface area contributed by atoms with Crippen LogP contribution in [0.2, 0.25) is 0 Å². The quantitative estimate of drug-likeness (QED) is 0.709. The van der Waals surface area contributed by atoms with Gasteiger partial charge in [-0.15, -0.1) is 0 Å². The second-order valence-corrected chi connectivity index (χ2v) is 7.52. The lowest BCUT2D eigenvalue weighted by Crippen LogP contribution is -2.51. The van der Waals surface area contributed by atoms with Gasteiger partial charge < -0.3 is 20.3 Å². The van der Waals surface area contributed by atoms with Crippen molar-refractivity contribution < 1.29 is 14.3 Å². The number of carboxylic acid groups (broad SMARTS) is 1. The van der Waals surface area contributed by atoms with E-state index in [-0.39, 0.29) is 21.9 Å². The largest absolute Gasteiger partial charge is 0.478 e. The molecule has 138 valence electrons. The predicted molar refractivity (Wildman–Crippen MR) is 102 cm³/mol. The minimum atomic E-state index is -1.10. The Hall–Kier alpha value is -1.99. The third-order valence-electron chi connectivity index (χ3n) is 5.47. The van der Waals surface area contributed by atoms with E-state index in [0.29, 0.717) is 17.0 Å². The Labute approximate surface area is 156 Å². The normalized spacial score (nSPS) is 20.5. The van der Waals surface area contributed by atoms with Crippen LogP contribution in [0.25, 0.3) is 10.9 Å². The predicted octanol–water partition coefficient (Wildman–Crippen LogP) is 3.80. The maximum Gasteiger partial charge on any atom is 0.338 e. The average molecular weight is 375 g/mol. The molecular weight excluding hydrogens is 353 g/mol. The van der Waals surface area contributed by atoms with Crippen molar-refractivity contribution in [2.75, 3.05) is 24.5 Å². The zero-order chi connectivity index (χ0) is 18.4. The van der Waals surface area contributed by atoms with Gasteiger partial charge in [0.1, 0.15) is 5.82 Å². The molecule has 4 rings (SSSR count). The second kappa shape index (κ2) is 6.63. The van der Waals surface area contributed by atoms with Gasteiger partial charge in [0.2, 0.25) is 0 Å². The van der Waals surface area contributed by atoms with Gasteiger partial charge in [-0.1, -0.05) is 19.1 Å². The number of benzene rings is 1. The second-order valence-electron chi connectivity index (χ2n) is 7.11. The van der Waals surface area contributed by atoms with Gasteiger partial charge in [0.15, 0.2) is 0 Å². The Kier molecular flexibility index (Phi) is 4.44. The first-order valence-electron chi connectivity index (χ1n) is 9.11. The van der Waals surface area contributed by atoms with Crippen molar-refractivity contribution in [1.29, 1.82) is 0 Å². The molecule has 7 heteroatoms. The number of halogens is 1. The number of nitrogens with zero attached hydrogens (tertiary/aromatic N) is 1. The number of piperazine rings is 1. The highest BCUT2D eigenvalue weighted by Crippen LogP contribution is 2.49. The lowest BCUT2D eigenvalue weighted by atomic mass is 9.98. The van der Waals surface area contributed by atoms with Crippen LogP contribution in [0.15, 0.2) is 12.3 Å². The van der Waals surface area contributed by atoms with E-state index in [1.165, 1.54) is 12.3 Å². The number of nitrogens with one attached hydrogen (secondary N) is 2. The number of aromatic carboxylic acids is 1. The molecule has 1 saturated carbocycles. The lowest BCUT2D eigenvalue weighted by molar-refractivity contribution is 0.0696. The topological polar surface area (TPSA) is 68.4 Å². The number of aromatic amines is 1. The maximum atomic E-state index is 15.3. The highest BCUT2D eigenvalue weighted by atomic mass is 32.1. The van der Waals surface area contributed by atoms with Crippen LogP contribution in [-0.4, -0.2) is 41.7 Å². The molecule has 2 aliphatic rings. The fourth-order valence-electron chi connectivity index (χ4n) is 3.99. The van der Waals surface area contributed by atoms with Gasteiger partial charge >= 0.3 is 5.97 Å². The van der Waals surface area contributed by atoms with Gasteiger partial charge in [-0.2, -0.15) is 0 Å². The number of carboxylic acids is 1. The van der Waals surface area contributed by atoms with Crippen LogP contribution in [0.3, 0.4) is 0 Å². The first-order chi connectivity index (χ1) is 12.5. The Morgan fingerprint density at radius 3 is 2.88 bits per heavy atom. The van der Waals surface area contributed by atoms with Gasteiger partial charge in [0.25, 0.3) is 0 Å². The summed E-state index contributed by atoms with van der Waals surface area (Å²) in [7, 11) is 0. The molecule has 1 aliphatic heterocycles. The molecule has 1 aliphatic carbocycles. The molecule has 2 fully saturated rings. The highest BCUT2D eigenvalue weighted by molar-refractivity contribution is 7.71. The van der Waals surface area contributed by atoms with Gasteiger partial charge in [0.05, 0.1) is 21.3 Å². The molecule has 0 spiro atoms. The molecule has 0 bridgehead atoms. The third kappa shape index (κ3) is 2.79. The standard InChI is InChI=1S/C19H22FN3O2S/c1-2-11-8-21-5-6-23(11)17-14(20)7-12-16(15(17)10-3-4-10)22-9-13(18(12)26)19(24)25/h7,9-11,21H,2-6,8H2,1H3,(H,22,26)(H,24,25). The molecule has 2 aromatic rings. The average Bonchev–Trinajstić information content (AvgIpc) is 3.46. The molecule has 2 heterocycles. The van der Waals surface area contributed by atoms with Crippen molar-refractivity contribution in [1.82, 2.24) is 10.3 Å². The minimum absolute atomic E-state index is 0.00926. The number of hydrogen-bond donors (Lipinski definition) is 3. The van der Waals surface area contributed by atoms with Crippen molar-refractivity contribution in [3.8, 4) is 0 Å². The van der Waals surface area contributed by atoms with E-state index in [1.54, 1.807) is 0 Å². The zero-order valence-corrected chi connectivity index (χ0v) is 15.5. The summed E-state index contributed by atoms with van der Waals surface area (Å²) in [5.74, 6) is -1.10. The zero-order valence-electron chi connectivity index (χ0n) is 14.6. The number of H-pyrrole nitrogens is 1. The molecule has 1 saturated heterocycles. The van der Waals surface area contributed by atoms with Gasteiger partial charge in [-0.25, -0.2) is 9.18 Å². The van der Waals surface area contributed by atoms with Gasteiger partial charge in [0, 0.05) is 42.8 Å². The van der Waals surface area contributed by atoms with Crippen molar-refractivity contribution in [3.63, 3.8) is 0 Å². The van der Waals surface area contributed by atoms with Crippen LogP contribution in [0.1, 0.15) is 48.0 Å². The summed E-state index contributed by atoms with van der Waals surface area (Å²) in [5.41, 5.74) is 2.42. The smallest absolute Gasteiger partial charge is 0.338 e. The highest BCUT2D eigenvalue weighted by Gasteiger charge is 2.35. The molecule has 0 amide bonds. The number of fused-ring (bicyclic) bond motifs is 1. The summed E-state index contributed by atoms with van der Waals surface area (Å²) in [6, 6.07) is 1.66. The third-order valence-corrected chi connectivity index (χ3v) is 5.91. The first-order valence-corrected chi connectivity index (χ1v) is 9.52. The van der Waals surface area contributed by atoms with Crippen LogP contribution >= 0.6 is 12.2 Å². The summed E-state index contributed by atoms with van der Waals surface area (Å²) in [6.45, 7) is 4.54. The Bertz CT molecular complexity index is 939. The van der Waals surface area contributed by atoms with E-state index in [4.69, 9.17) is 12.2 Å². The van der Waals surface area contributed by atoms with E-state index >= 15 is 4.39 Å². The van der Waals surface area contributed by atoms with Crippen LogP contribution in [0.4, 0.5) is 10.1 Å². The monoisotopic (exact) mass is 375 g/mol. The van der Waals surface area contributed by atoms with E-state index in [2.05, 4.69) is 22.1 Å². The fraction of sp³-hybridized carbons (Fsp3) is 0.474. The van der Waals surface area contributed by atoms with E-state index in [1.807, 2.05) is 0 Å². The molecule has 1 aromatic carbocycles. The molecule has 1 atom stereocenters. The number of aromatic nitrogens is 1. The van der Waals surface area contributed by atoms with Crippen LogP contribution in [0, 0.1) is 10.3 Å². The van der Waals surface area contributed by atoms with Crippen molar-refractivity contribution in [2.45, 2.75) is 38.1 Å². The number of carbonyl (C=O) groups is 1. The Morgan fingerprint density at radius 1 is 1.46 bits per heavy atom. The minimum Gasteiger partial charge on any atom is -0.478 e.